The van der Waals surface area contributed by atoms with Gasteiger partial charge in [-0.15, -0.1) is 10.2 Å². The van der Waals surface area contributed by atoms with Crippen molar-refractivity contribution in [2.45, 2.75) is 25.1 Å². The van der Waals surface area contributed by atoms with Crippen molar-refractivity contribution in [2.24, 2.45) is 0 Å². The number of rotatable bonds is 12. The van der Waals surface area contributed by atoms with Crippen LogP contribution in [-0.2, 0) is 4.79 Å². The number of anilines is 2. The first-order chi connectivity index (χ1) is 18.0. The molecule has 0 saturated heterocycles. The van der Waals surface area contributed by atoms with Gasteiger partial charge >= 0.3 is 0 Å². The van der Waals surface area contributed by atoms with Crippen LogP contribution in [-0.4, -0.2) is 54.4 Å². The SMILES string of the molecule is CCOc1cc(C(=O)Nc2nnc(SCC(=O)Nc3ccc4c(c3)OCO4)s2)cc(OCC)c1OCC. The number of carbonyl (C=O) groups is 2. The van der Waals surface area contributed by atoms with Crippen LogP contribution in [0.15, 0.2) is 34.7 Å². The fraction of sp³-hybridized carbons (Fsp3) is 0.333. The normalized spacial score (nSPS) is 11.6. The van der Waals surface area contributed by atoms with Gasteiger partial charge in [-0.3, -0.25) is 14.9 Å². The summed E-state index contributed by atoms with van der Waals surface area (Å²) in [6, 6.07) is 8.39. The van der Waals surface area contributed by atoms with Gasteiger partial charge < -0.3 is 29.0 Å². The predicted octanol–water partition coefficient (Wildman–Crippen LogP) is 4.45. The van der Waals surface area contributed by atoms with Gasteiger partial charge in [-0.25, -0.2) is 0 Å². The third-order valence-corrected chi connectivity index (χ3v) is 6.75. The maximum atomic E-state index is 12.9. The molecule has 13 heteroatoms. The Morgan fingerprint density at radius 3 is 2.35 bits per heavy atom. The minimum atomic E-state index is -0.404. The Bertz CT molecular complexity index is 1240. The molecule has 2 amide bonds. The Kier molecular flexibility index (Phi) is 8.90. The molecule has 2 aromatic carbocycles. The monoisotopic (exact) mass is 546 g/mol. The van der Waals surface area contributed by atoms with E-state index in [2.05, 4.69) is 20.8 Å². The maximum Gasteiger partial charge on any atom is 0.257 e. The lowest BCUT2D eigenvalue weighted by Gasteiger charge is -2.16. The quantitative estimate of drug-likeness (QED) is 0.248. The average Bonchev–Trinajstić information content (AvgIpc) is 3.54. The van der Waals surface area contributed by atoms with Crippen molar-refractivity contribution in [2.75, 3.05) is 43.0 Å². The summed E-state index contributed by atoms with van der Waals surface area (Å²) < 4.78 is 28.2. The molecule has 0 aliphatic carbocycles. The molecule has 0 spiro atoms. The Morgan fingerprint density at radius 2 is 1.65 bits per heavy atom. The van der Waals surface area contributed by atoms with Crippen molar-refractivity contribution in [1.29, 1.82) is 0 Å². The first-order valence-electron chi connectivity index (χ1n) is 11.5. The van der Waals surface area contributed by atoms with Gasteiger partial charge in [0, 0.05) is 17.3 Å². The predicted molar refractivity (Wildman–Crippen MR) is 140 cm³/mol. The molecular formula is C24H26N4O7S2. The molecule has 4 rings (SSSR count). The number of hydrogen-bond acceptors (Lipinski definition) is 11. The van der Waals surface area contributed by atoms with Crippen LogP contribution in [0.2, 0.25) is 0 Å². The molecule has 3 aromatic rings. The first kappa shape index (κ1) is 26.4. The zero-order valence-electron chi connectivity index (χ0n) is 20.5. The van der Waals surface area contributed by atoms with E-state index in [0.717, 1.165) is 0 Å². The van der Waals surface area contributed by atoms with E-state index in [-0.39, 0.29) is 18.5 Å². The Balaban J connectivity index is 1.36. The third kappa shape index (κ3) is 6.74. The summed E-state index contributed by atoms with van der Waals surface area (Å²) in [5, 5.41) is 13.9. The molecule has 0 saturated carbocycles. The van der Waals surface area contributed by atoms with Crippen molar-refractivity contribution in [3.63, 3.8) is 0 Å². The summed E-state index contributed by atoms with van der Waals surface area (Å²) in [5.74, 6) is 2.02. The lowest BCUT2D eigenvalue weighted by Crippen LogP contribution is -2.13. The molecule has 0 bridgehead atoms. The van der Waals surface area contributed by atoms with Gasteiger partial charge in [0.05, 0.1) is 25.6 Å². The van der Waals surface area contributed by atoms with Gasteiger partial charge in [-0.2, -0.15) is 0 Å². The van der Waals surface area contributed by atoms with E-state index in [1.54, 1.807) is 30.3 Å². The highest BCUT2D eigenvalue weighted by atomic mass is 32.2. The topological polar surface area (TPSA) is 130 Å². The van der Waals surface area contributed by atoms with Gasteiger partial charge in [0.2, 0.25) is 23.6 Å². The molecule has 0 unspecified atom stereocenters. The highest BCUT2D eigenvalue weighted by molar-refractivity contribution is 8.01. The van der Waals surface area contributed by atoms with Crippen LogP contribution in [0.1, 0.15) is 31.1 Å². The minimum absolute atomic E-state index is 0.116. The van der Waals surface area contributed by atoms with E-state index < -0.39 is 5.91 Å². The van der Waals surface area contributed by atoms with E-state index in [9.17, 15) is 9.59 Å². The van der Waals surface area contributed by atoms with E-state index >= 15 is 0 Å². The van der Waals surface area contributed by atoms with Crippen LogP contribution in [0.4, 0.5) is 10.8 Å². The molecule has 11 nitrogen and oxygen atoms in total. The van der Waals surface area contributed by atoms with Gasteiger partial charge in [0.1, 0.15) is 0 Å². The van der Waals surface area contributed by atoms with Crippen LogP contribution >= 0.6 is 23.1 Å². The summed E-state index contributed by atoms with van der Waals surface area (Å²) in [5.41, 5.74) is 0.927. The van der Waals surface area contributed by atoms with Crippen LogP contribution in [0.5, 0.6) is 28.7 Å². The largest absolute Gasteiger partial charge is 0.490 e. The molecule has 0 atom stereocenters. The van der Waals surface area contributed by atoms with Crippen molar-refractivity contribution in [3.8, 4) is 28.7 Å². The summed E-state index contributed by atoms with van der Waals surface area (Å²) in [4.78, 5) is 25.3. The molecule has 2 heterocycles. The molecule has 1 aliphatic heterocycles. The Labute approximate surface area is 221 Å². The maximum absolute atomic E-state index is 12.9. The lowest BCUT2D eigenvalue weighted by atomic mass is 10.1. The summed E-state index contributed by atoms with van der Waals surface area (Å²) >= 11 is 2.38. The number of benzene rings is 2. The first-order valence-corrected chi connectivity index (χ1v) is 13.3. The van der Waals surface area contributed by atoms with Crippen LogP contribution in [0.25, 0.3) is 0 Å². The number of aromatic nitrogens is 2. The lowest BCUT2D eigenvalue weighted by molar-refractivity contribution is -0.113. The van der Waals surface area contributed by atoms with Crippen LogP contribution in [0.3, 0.4) is 0 Å². The second-order valence-electron chi connectivity index (χ2n) is 7.33. The number of amides is 2. The second-order valence-corrected chi connectivity index (χ2v) is 9.53. The van der Waals surface area contributed by atoms with Crippen LogP contribution < -0.4 is 34.3 Å². The molecular weight excluding hydrogens is 520 g/mol. The second kappa shape index (κ2) is 12.5. The summed E-state index contributed by atoms with van der Waals surface area (Å²) in [7, 11) is 0. The molecule has 0 radical (unpaired) electrons. The molecule has 0 fully saturated rings. The van der Waals surface area contributed by atoms with Crippen LogP contribution in [0, 0.1) is 0 Å². The highest BCUT2D eigenvalue weighted by Gasteiger charge is 2.20. The number of nitrogens with one attached hydrogen (secondary N) is 2. The Morgan fingerprint density at radius 1 is 0.946 bits per heavy atom. The zero-order valence-corrected chi connectivity index (χ0v) is 22.1. The van der Waals surface area contributed by atoms with Crippen molar-refractivity contribution in [1.82, 2.24) is 10.2 Å². The van der Waals surface area contributed by atoms with E-state index in [1.807, 2.05) is 20.8 Å². The van der Waals surface area contributed by atoms with Crippen molar-refractivity contribution < 1.29 is 33.3 Å². The number of nitrogens with zero attached hydrogens (tertiary/aromatic N) is 2. The minimum Gasteiger partial charge on any atom is -0.490 e. The summed E-state index contributed by atoms with van der Waals surface area (Å²) in [6.07, 6.45) is 0. The van der Waals surface area contributed by atoms with E-state index in [4.69, 9.17) is 23.7 Å². The number of thioether (sulfide) groups is 1. The summed E-state index contributed by atoms with van der Waals surface area (Å²) in [6.45, 7) is 6.94. The van der Waals surface area contributed by atoms with Gasteiger partial charge in [0.25, 0.3) is 5.91 Å². The van der Waals surface area contributed by atoms with E-state index in [1.165, 1.54) is 23.1 Å². The average molecular weight is 547 g/mol. The number of fused-ring (bicyclic) bond motifs is 1. The van der Waals surface area contributed by atoms with Gasteiger partial charge in [-0.05, 0) is 45.0 Å². The molecule has 196 valence electrons. The molecule has 1 aliphatic rings. The number of carbonyl (C=O) groups excluding carboxylic acids is 2. The van der Waals surface area contributed by atoms with Gasteiger partial charge in [0.15, 0.2) is 27.3 Å². The number of hydrogen-bond donors (Lipinski definition) is 2. The molecule has 2 N–H and O–H groups in total. The standard InChI is InChI=1S/C24H26N4O7S2/c1-4-31-18-9-14(10-19(32-5-2)21(18)33-6-3)22(30)26-23-27-28-24(37-23)36-12-20(29)25-15-7-8-16-17(11-15)35-13-34-16/h7-11H,4-6,12-13H2,1-3H3,(H,25,29)(H,26,27,30). The third-order valence-electron chi connectivity index (χ3n) is 4.78. The number of ether oxygens (including phenoxy) is 5. The smallest absolute Gasteiger partial charge is 0.257 e. The zero-order chi connectivity index (χ0) is 26.2. The van der Waals surface area contributed by atoms with E-state index in [0.29, 0.717) is 69.3 Å². The highest BCUT2D eigenvalue weighted by Crippen LogP contribution is 2.39. The molecule has 1 aromatic heterocycles. The fourth-order valence-electron chi connectivity index (χ4n) is 3.31. The van der Waals surface area contributed by atoms with Crippen molar-refractivity contribution in [3.05, 3.63) is 35.9 Å². The molecule has 37 heavy (non-hydrogen) atoms. The fourth-order valence-corrected chi connectivity index (χ4v) is 4.85. The van der Waals surface area contributed by atoms with Crippen molar-refractivity contribution >= 4 is 45.7 Å². The van der Waals surface area contributed by atoms with Gasteiger partial charge in [-0.1, -0.05) is 23.1 Å². The Hall–Kier alpha value is -3.71.